The molecule has 0 aliphatic carbocycles. The molecule has 1 N–H and O–H groups in total. The van der Waals surface area contributed by atoms with E-state index in [-0.39, 0.29) is 5.69 Å². The van der Waals surface area contributed by atoms with Crippen molar-refractivity contribution >= 4 is 23.1 Å². The van der Waals surface area contributed by atoms with Crippen molar-refractivity contribution in [2.24, 2.45) is 0 Å². The molecule has 0 atom stereocenters. The standard InChI is InChI=1S/C14H10F3N3S2/c1-21-13-3-2-11(22-13)8-4-5-18-9(6-8)10-7-12(20-19-10)14(15,16)17/h2-7H,1H3,(H,19,20). The van der Waals surface area contributed by atoms with E-state index in [4.69, 9.17) is 0 Å². The first-order chi connectivity index (χ1) is 10.5. The molecule has 22 heavy (non-hydrogen) atoms. The minimum Gasteiger partial charge on any atom is -0.273 e. The number of aromatic amines is 1. The van der Waals surface area contributed by atoms with Crippen molar-refractivity contribution in [3.63, 3.8) is 0 Å². The third-order valence-electron chi connectivity index (χ3n) is 2.97. The van der Waals surface area contributed by atoms with Gasteiger partial charge in [0.25, 0.3) is 0 Å². The topological polar surface area (TPSA) is 41.6 Å². The molecule has 0 fully saturated rings. The average molecular weight is 341 g/mol. The molecule has 8 heteroatoms. The molecule has 3 aromatic heterocycles. The number of hydrogen-bond acceptors (Lipinski definition) is 4. The van der Waals surface area contributed by atoms with Crippen LogP contribution in [-0.2, 0) is 6.18 Å². The fraction of sp³-hybridized carbons (Fsp3) is 0.143. The minimum absolute atomic E-state index is 0.177. The summed E-state index contributed by atoms with van der Waals surface area (Å²) in [5, 5.41) is 5.70. The van der Waals surface area contributed by atoms with Crippen LogP contribution in [0.25, 0.3) is 21.8 Å². The molecular weight excluding hydrogens is 331 g/mol. The zero-order chi connectivity index (χ0) is 15.7. The van der Waals surface area contributed by atoms with Crippen molar-refractivity contribution in [1.82, 2.24) is 15.2 Å². The van der Waals surface area contributed by atoms with Crippen LogP contribution < -0.4 is 0 Å². The molecule has 3 rings (SSSR count). The molecule has 0 aliphatic heterocycles. The highest BCUT2D eigenvalue weighted by Gasteiger charge is 2.33. The van der Waals surface area contributed by atoms with E-state index in [1.54, 1.807) is 35.4 Å². The Hall–Kier alpha value is -1.80. The van der Waals surface area contributed by atoms with Gasteiger partial charge in [-0.3, -0.25) is 10.1 Å². The van der Waals surface area contributed by atoms with Gasteiger partial charge in [-0.25, -0.2) is 0 Å². The minimum atomic E-state index is -4.44. The maximum absolute atomic E-state index is 12.6. The Morgan fingerprint density at radius 3 is 2.59 bits per heavy atom. The number of rotatable bonds is 3. The first-order valence-corrected chi connectivity index (χ1v) is 8.25. The molecule has 0 saturated heterocycles. The second-order valence-electron chi connectivity index (χ2n) is 4.42. The highest BCUT2D eigenvalue weighted by Crippen LogP contribution is 2.34. The van der Waals surface area contributed by atoms with Gasteiger partial charge in [0.2, 0.25) is 0 Å². The van der Waals surface area contributed by atoms with Crippen molar-refractivity contribution in [2.45, 2.75) is 10.4 Å². The molecular formula is C14H10F3N3S2. The van der Waals surface area contributed by atoms with Crippen LogP contribution in [0, 0.1) is 0 Å². The predicted molar refractivity (Wildman–Crippen MR) is 81.9 cm³/mol. The summed E-state index contributed by atoms with van der Waals surface area (Å²) in [6.45, 7) is 0. The van der Waals surface area contributed by atoms with Crippen LogP contribution in [-0.4, -0.2) is 21.4 Å². The van der Waals surface area contributed by atoms with E-state index in [0.29, 0.717) is 5.69 Å². The van der Waals surface area contributed by atoms with Crippen LogP contribution in [0.2, 0.25) is 0 Å². The third-order valence-corrected chi connectivity index (χ3v) is 5.19. The molecule has 0 spiro atoms. The lowest BCUT2D eigenvalue weighted by molar-refractivity contribution is -0.141. The molecule has 0 aromatic carbocycles. The van der Waals surface area contributed by atoms with Gasteiger partial charge >= 0.3 is 6.18 Å². The summed E-state index contributed by atoms with van der Waals surface area (Å²) in [5.41, 5.74) is 0.613. The Balaban J connectivity index is 1.95. The molecule has 0 unspecified atom stereocenters. The van der Waals surface area contributed by atoms with E-state index < -0.39 is 11.9 Å². The monoisotopic (exact) mass is 341 g/mol. The lowest BCUT2D eigenvalue weighted by atomic mass is 10.1. The maximum Gasteiger partial charge on any atom is 0.432 e. The Morgan fingerprint density at radius 1 is 1.14 bits per heavy atom. The number of H-pyrrole nitrogens is 1. The van der Waals surface area contributed by atoms with Gasteiger partial charge in [0.05, 0.1) is 9.90 Å². The number of pyridine rings is 1. The fourth-order valence-corrected chi connectivity index (χ4v) is 3.45. The SMILES string of the molecule is CSc1ccc(-c2ccnc(-c3cc(C(F)(F)F)[nH]n3)c2)s1. The summed E-state index contributed by atoms with van der Waals surface area (Å²) in [6, 6.07) is 8.54. The van der Waals surface area contributed by atoms with Gasteiger partial charge in [0, 0.05) is 11.1 Å². The van der Waals surface area contributed by atoms with E-state index in [9.17, 15) is 13.2 Å². The zero-order valence-electron chi connectivity index (χ0n) is 11.3. The maximum atomic E-state index is 12.6. The second kappa shape index (κ2) is 5.77. The number of nitrogens with one attached hydrogen (secondary N) is 1. The van der Waals surface area contributed by atoms with Crippen LogP contribution in [0.15, 0.2) is 40.7 Å². The first kappa shape index (κ1) is 15.1. The largest absolute Gasteiger partial charge is 0.432 e. The Labute approximate surface area is 132 Å². The molecule has 0 aliphatic rings. The average Bonchev–Trinajstić information content (AvgIpc) is 3.16. The highest BCUT2D eigenvalue weighted by atomic mass is 32.2. The second-order valence-corrected chi connectivity index (χ2v) is 6.61. The van der Waals surface area contributed by atoms with Gasteiger partial charge in [-0.2, -0.15) is 18.3 Å². The van der Waals surface area contributed by atoms with Crippen LogP contribution in [0.5, 0.6) is 0 Å². The van der Waals surface area contributed by atoms with Crippen LogP contribution in [0.3, 0.4) is 0 Å². The number of halogens is 3. The number of nitrogens with zero attached hydrogens (tertiary/aromatic N) is 2. The third kappa shape index (κ3) is 3.02. The van der Waals surface area contributed by atoms with Crippen molar-refractivity contribution in [3.05, 3.63) is 42.2 Å². The number of alkyl halides is 3. The smallest absolute Gasteiger partial charge is 0.273 e. The zero-order valence-corrected chi connectivity index (χ0v) is 12.9. The van der Waals surface area contributed by atoms with E-state index >= 15 is 0 Å². The van der Waals surface area contributed by atoms with Crippen molar-refractivity contribution < 1.29 is 13.2 Å². The van der Waals surface area contributed by atoms with E-state index in [1.807, 2.05) is 29.6 Å². The number of hydrogen-bond donors (Lipinski definition) is 1. The number of thiophene rings is 1. The van der Waals surface area contributed by atoms with Crippen molar-refractivity contribution in [1.29, 1.82) is 0 Å². The summed E-state index contributed by atoms with van der Waals surface area (Å²) in [5.74, 6) is 0. The molecule has 3 heterocycles. The summed E-state index contributed by atoms with van der Waals surface area (Å²) in [4.78, 5) is 5.15. The lowest BCUT2D eigenvalue weighted by Gasteiger charge is -2.01. The van der Waals surface area contributed by atoms with Crippen LogP contribution >= 0.6 is 23.1 Å². The number of aromatic nitrogens is 3. The number of thioether (sulfide) groups is 1. The van der Waals surface area contributed by atoms with Crippen molar-refractivity contribution in [3.8, 4) is 21.8 Å². The normalized spacial score (nSPS) is 11.8. The Morgan fingerprint density at radius 2 is 1.95 bits per heavy atom. The van der Waals surface area contributed by atoms with E-state index in [1.165, 1.54) is 4.21 Å². The van der Waals surface area contributed by atoms with Gasteiger partial charge in [-0.1, -0.05) is 0 Å². The first-order valence-electron chi connectivity index (χ1n) is 6.20. The summed E-state index contributed by atoms with van der Waals surface area (Å²) < 4.78 is 39.0. The molecule has 0 bridgehead atoms. The predicted octanol–water partition coefficient (Wildman–Crippen LogP) is 4.94. The van der Waals surface area contributed by atoms with Gasteiger partial charge < -0.3 is 0 Å². The summed E-state index contributed by atoms with van der Waals surface area (Å²) in [6.07, 6.45) is -0.870. The lowest BCUT2D eigenvalue weighted by Crippen LogP contribution is -2.04. The highest BCUT2D eigenvalue weighted by molar-refractivity contribution is 8.00. The molecule has 0 radical (unpaired) electrons. The van der Waals surface area contributed by atoms with Gasteiger partial charge in [-0.05, 0) is 42.2 Å². The van der Waals surface area contributed by atoms with Gasteiger partial charge in [0.15, 0.2) is 0 Å². The Bertz CT molecular complexity index is 792. The van der Waals surface area contributed by atoms with Crippen LogP contribution in [0.4, 0.5) is 13.2 Å². The van der Waals surface area contributed by atoms with Crippen LogP contribution in [0.1, 0.15) is 5.69 Å². The summed E-state index contributed by atoms with van der Waals surface area (Å²) in [7, 11) is 0. The quantitative estimate of drug-likeness (QED) is 0.686. The molecule has 3 aromatic rings. The summed E-state index contributed by atoms with van der Waals surface area (Å²) >= 11 is 3.28. The van der Waals surface area contributed by atoms with Crippen molar-refractivity contribution in [2.75, 3.05) is 6.26 Å². The van der Waals surface area contributed by atoms with Gasteiger partial charge in [-0.15, -0.1) is 23.1 Å². The van der Waals surface area contributed by atoms with E-state index in [2.05, 4.69) is 10.1 Å². The molecule has 114 valence electrons. The Kier molecular flexibility index (Phi) is 3.96. The molecule has 0 amide bonds. The molecule has 3 nitrogen and oxygen atoms in total. The fourth-order valence-electron chi connectivity index (χ4n) is 1.91. The van der Waals surface area contributed by atoms with Gasteiger partial charge in [0.1, 0.15) is 11.4 Å². The molecule has 0 saturated carbocycles. The van der Waals surface area contributed by atoms with E-state index in [0.717, 1.165) is 16.5 Å².